The van der Waals surface area contributed by atoms with Crippen LogP contribution in [0.1, 0.15) is 5.56 Å². The smallest absolute Gasteiger partial charge is 0.162 e. The highest BCUT2D eigenvalue weighted by Crippen LogP contribution is 2.29. The first kappa shape index (κ1) is 15.1. The molecule has 0 aliphatic carbocycles. The number of para-hydroxylation sites is 1. The second-order valence-corrected chi connectivity index (χ2v) is 5.54. The summed E-state index contributed by atoms with van der Waals surface area (Å²) in [4.78, 5) is 9.08. The van der Waals surface area contributed by atoms with Crippen LogP contribution in [0.25, 0.3) is 11.4 Å². The Morgan fingerprint density at radius 3 is 2.22 bits per heavy atom. The van der Waals surface area contributed by atoms with Crippen LogP contribution in [0.15, 0.2) is 65.7 Å². The minimum absolute atomic E-state index is 0.459. The lowest BCUT2D eigenvalue weighted by Crippen LogP contribution is -2.03. The molecule has 0 radical (unpaired) electrons. The Kier molecular flexibility index (Phi) is 4.55. The molecule has 0 saturated heterocycles. The van der Waals surface area contributed by atoms with E-state index in [1.165, 1.54) is 11.8 Å². The summed E-state index contributed by atoms with van der Waals surface area (Å²) in [5.41, 5.74) is 2.26. The molecular formula is C18H14N4S. The quantitative estimate of drug-likeness (QED) is 0.567. The van der Waals surface area contributed by atoms with E-state index < -0.39 is 0 Å². The molecule has 3 aromatic rings. The second kappa shape index (κ2) is 6.95. The van der Waals surface area contributed by atoms with Gasteiger partial charge in [-0.3, -0.25) is 0 Å². The van der Waals surface area contributed by atoms with Gasteiger partial charge in [0.15, 0.2) is 11.6 Å². The third-order valence-corrected chi connectivity index (χ3v) is 3.93. The van der Waals surface area contributed by atoms with Crippen molar-refractivity contribution in [1.82, 2.24) is 9.97 Å². The van der Waals surface area contributed by atoms with Crippen molar-refractivity contribution in [3.05, 3.63) is 66.2 Å². The Morgan fingerprint density at radius 1 is 0.957 bits per heavy atom. The first-order chi connectivity index (χ1) is 11.3. The number of aromatic nitrogens is 2. The minimum Gasteiger partial charge on any atom is -0.339 e. The maximum atomic E-state index is 9.49. The number of benzene rings is 2. The van der Waals surface area contributed by atoms with Crippen molar-refractivity contribution in [1.29, 1.82) is 5.26 Å². The molecule has 0 spiro atoms. The molecule has 3 rings (SSSR count). The fraction of sp³-hybridized carbons (Fsp3) is 0.0556. The van der Waals surface area contributed by atoms with E-state index in [1.807, 2.05) is 66.9 Å². The van der Waals surface area contributed by atoms with Gasteiger partial charge in [-0.2, -0.15) is 5.26 Å². The first-order valence-corrected chi connectivity index (χ1v) is 8.28. The first-order valence-electron chi connectivity index (χ1n) is 7.05. The third-order valence-electron chi connectivity index (χ3n) is 3.25. The van der Waals surface area contributed by atoms with Crippen LogP contribution in [0.5, 0.6) is 0 Å². The number of nitriles is 1. The van der Waals surface area contributed by atoms with E-state index in [9.17, 15) is 5.26 Å². The Hall–Kier alpha value is -2.84. The number of hydrogen-bond acceptors (Lipinski definition) is 5. The summed E-state index contributed by atoms with van der Waals surface area (Å²) in [5.74, 6) is 1.13. The van der Waals surface area contributed by atoms with Crippen LogP contribution in [0.4, 0.5) is 11.5 Å². The second-order valence-electron chi connectivity index (χ2n) is 4.75. The average molecular weight is 318 g/mol. The molecule has 0 saturated carbocycles. The molecule has 0 bridgehead atoms. The van der Waals surface area contributed by atoms with Crippen molar-refractivity contribution in [3.63, 3.8) is 0 Å². The molecule has 0 aliphatic heterocycles. The van der Waals surface area contributed by atoms with Gasteiger partial charge in [0.25, 0.3) is 0 Å². The van der Waals surface area contributed by atoms with E-state index in [-0.39, 0.29) is 0 Å². The van der Waals surface area contributed by atoms with Gasteiger partial charge in [0.1, 0.15) is 16.7 Å². The zero-order valence-corrected chi connectivity index (χ0v) is 13.3. The third kappa shape index (κ3) is 3.33. The van der Waals surface area contributed by atoms with Gasteiger partial charge in [-0.1, -0.05) is 48.5 Å². The predicted molar refractivity (Wildman–Crippen MR) is 93.7 cm³/mol. The highest BCUT2D eigenvalue weighted by Gasteiger charge is 2.15. The molecule has 0 aliphatic rings. The van der Waals surface area contributed by atoms with Gasteiger partial charge < -0.3 is 5.32 Å². The molecule has 0 amide bonds. The van der Waals surface area contributed by atoms with Crippen molar-refractivity contribution in [3.8, 4) is 17.5 Å². The molecule has 23 heavy (non-hydrogen) atoms. The van der Waals surface area contributed by atoms with Gasteiger partial charge in [-0.05, 0) is 18.4 Å². The summed E-state index contributed by atoms with van der Waals surface area (Å²) in [6.07, 6.45) is 1.91. The van der Waals surface area contributed by atoms with E-state index >= 15 is 0 Å². The summed E-state index contributed by atoms with van der Waals surface area (Å²) >= 11 is 1.44. The van der Waals surface area contributed by atoms with Crippen molar-refractivity contribution >= 4 is 23.3 Å². The normalized spacial score (nSPS) is 10.1. The molecule has 1 aromatic heterocycles. The Labute approximate surface area is 139 Å². The summed E-state index contributed by atoms with van der Waals surface area (Å²) < 4.78 is 0. The average Bonchev–Trinajstić information content (AvgIpc) is 2.62. The SMILES string of the molecule is CSc1nc(-c2ccccc2)nc(Nc2ccccc2)c1C#N. The topological polar surface area (TPSA) is 61.6 Å². The largest absolute Gasteiger partial charge is 0.339 e. The molecule has 0 unspecified atom stereocenters. The zero-order valence-electron chi connectivity index (χ0n) is 12.5. The molecule has 0 fully saturated rings. The highest BCUT2D eigenvalue weighted by molar-refractivity contribution is 7.98. The van der Waals surface area contributed by atoms with Crippen LogP contribution in [0.3, 0.4) is 0 Å². The standard InChI is InChI=1S/C18H14N4S/c1-23-18-15(12-19)17(20-14-10-6-3-7-11-14)21-16(22-18)13-8-4-2-5-9-13/h2-11H,1H3,(H,20,21,22). The van der Waals surface area contributed by atoms with Gasteiger partial charge in [0.05, 0.1) is 0 Å². The van der Waals surface area contributed by atoms with Gasteiger partial charge in [0.2, 0.25) is 0 Å². The van der Waals surface area contributed by atoms with E-state index in [4.69, 9.17) is 0 Å². The Morgan fingerprint density at radius 2 is 1.61 bits per heavy atom. The molecule has 0 atom stereocenters. The molecule has 4 nitrogen and oxygen atoms in total. The van der Waals surface area contributed by atoms with Crippen LogP contribution < -0.4 is 5.32 Å². The highest BCUT2D eigenvalue weighted by atomic mass is 32.2. The Bertz CT molecular complexity index is 842. The van der Waals surface area contributed by atoms with Crippen LogP contribution >= 0.6 is 11.8 Å². The summed E-state index contributed by atoms with van der Waals surface area (Å²) in [6, 6.07) is 21.6. The van der Waals surface area contributed by atoms with Crippen LogP contribution in [-0.2, 0) is 0 Å². The van der Waals surface area contributed by atoms with Gasteiger partial charge in [0, 0.05) is 11.3 Å². The molecular weight excluding hydrogens is 304 g/mol. The molecule has 112 valence electrons. The number of nitrogens with one attached hydrogen (secondary N) is 1. The fourth-order valence-electron chi connectivity index (χ4n) is 2.15. The number of hydrogen-bond donors (Lipinski definition) is 1. The molecule has 5 heteroatoms. The summed E-state index contributed by atoms with van der Waals surface area (Å²) in [6.45, 7) is 0. The van der Waals surface area contributed by atoms with Crippen molar-refractivity contribution in [2.75, 3.05) is 11.6 Å². The lowest BCUT2D eigenvalue weighted by atomic mass is 10.2. The van der Waals surface area contributed by atoms with Crippen molar-refractivity contribution in [2.45, 2.75) is 5.03 Å². The van der Waals surface area contributed by atoms with E-state index in [0.717, 1.165) is 11.3 Å². The lowest BCUT2D eigenvalue weighted by Gasteiger charge is -2.11. The molecule has 1 N–H and O–H groups in total. The summed E-state index contributed by atoms with van der Waals surface area (Å²) in [5, 5.41) is 13.4. The monoisotopic (exact) mass is 318 g/mol. The van der Waals surface area contributed by atoms with Crippen LogP contribution in [0, 0.1) is 11.3 Å². The lowest BCUT2D eigenvalue weighted by molar-refractivity contribution is 1.05. The van der Waals surface area contributed by atoms with E-state index in [1.54, 1.807) is 0 Å². The summed E-state index contributed by atoms with van der Waals surface area (Å²) in [7, 11) is 0. The minimum atomic E-state index is 0.459. The molecule has 2 aromatic carbocycles. The van der Waals surface area contributed by atoms with Crippen LogP contribution in [0.2, 0.25) is 0 Å². The molecule has 1 heterocycles. The Balaban J connectivity index is 2.11. The number of nitrogens with zero attached hydrogens (tertiary/aromatic N) is 3. The van der Waals surface area contributed by atoms with Crippen molar-refractivity contribution in [2.24, 2.45) is 0 Å². The zero-order chi connectivity index (χ0) is 16.1. The van der Waals surface area contributed by atoms with E-state index in [2.05, 4.69) is 21.4 Å². The predicted octanol–water partition coefficient (Wildman–Crippen LogP) is 4.48. The number of thioether (sulfide) groups is 1. The maximum Gasteiger partial charge on any atom is 0.162 e. The van der Waals surface area contributed by atoms with E-state index in [0.29, 0.717) is 22.2 Å². The maximum absolute atomic E-state index is 9.49. The van der Waals surface area contributed by atoms with Gasteiger partial charge in [-0.15, -0.1) is 11.8 Å². The number of rotatable bonds is 4. The van der Waals surface area contributed by atoms with Crippen LogP contribution in [-0.4, -0.2) is 16.2 Å². The van der Waals surface area contributed by atoms with Crippen molar-refractivity contribution < 1.29 is 0 Å². The number of anilines is 2. The fourth-order valence-corrected chi connectivity index (χ4v) is 2.68. The van der Waals surface area contributed by atoms with Gasteiger partial charge in [-0.25, -0.2) is 9.97 Å². The van der Waals surface area contributed by atoms with Gasteiger partial charge >= 0.3 is 0 Å².